The highest BCUT2D eigenvalue weighted by Crippen LogP contribution is 2.28. The van der Waals surface area contributed by atoms with Crippen LogP contribution < -0.4 is 20.1 Å². The molecule has 36 heavy (non-hydrogen) atoms. The van der Waals surface area contributed by atoms with Gasteiger partial charge in [-0.2, -0.15) is 0 Å². The molecule has 0 aliphatic carbocycles. The second-order valence-corrected chi connectivity index (χ2v) is 8.60. The Morgan fingerprint density at radius 2 is 1.42 bits per heavy atom. The minimum Gasteiger partial charge on any atom is -0.493 e. The number of nitrogens with one attached hydrogen (secondary N) is 2. The summed E-state index contributed by atoms with van der Waals surface area (Å²) in [5.74, 6) is -0.723. The SMILES string of the molecule is COc1ccc(CC(=O)Nc2ccc(-c3ccc(C(=O)N[C@@H](C(=O)O)C(C)C)cc3)cc2)cc1OC. The van der Waals surface area contributed by atoms with Crippen molar-refractivity contribution in [3.05, 3.63) is 77.9 Å². The number of carbonyl (C=O) groups excluding carboxylic acids is 2. The molecule has 0 saturated heterocycles. The Kier molecular flexibility index (Phi) is 8.67. The molecule has 3 aromatic carbocycles. The third kappa shape index (κ3) is 6.63. The summed E-state index contributed by atoms with van der Waals surface area (Å²) in [5, 5.41) is 14.7. The number of ether oxygens (including phenoxy) is 2. The van der Waals surface area contributed by atoms with Gasteiger partial charge in [-0.25, -0.2) is 4.79 Å². The number of methoxy groups -OCH3 is 2. The van der Waals surface area contributed by atoms with E-state index < -0.39 is 17.9 Å². The zero-order chi connectivity index (χ0) is 26.2. The number of rotatable bonds is 10. The Hall–Kier alpha value is -4.33. The number of aliphatic carboxylic acids is 1. The molecule has 3 N–H and O–H groups in total. The first-order chi connectivity index (χ1) is 17.2. The minimum atomic E-state index is -1.06. The van der Waals surface area contributed by atoms with E-state index in [9.17, 15) is 19.5 Å². The molecule has 0 aliphatic heterocycles. The van der Waals surface area contributed by atoms with Crippen LogP contribution in [0.5, 0.6) is 11.5 Å². The molecule has 0 spiro atoms. The standard InChI is InChI=1S/C28H30N2O6/c1-17(2)26(28(33)34)30-27(32)21-8-6-19(7-9-21)20-10-12-22(13-11-20)29-25(31)16-18-5-14-23(35-3)24(15-18)36-4/h5-15,17,26H,16H2,1-4H3,(H,29,31)(H,30,32)(H,33,34)/t26-/m1/s1. The zero-order valence-electron chi connectivity index (χ0n) is 20.7. The molecule has 0 fully saturated rings. The van der Waals surface area contributed by atoms with Crippen molar-refractivity contribution in [3.63, 3.8) is 0 Å². The highest BCUT2D eigenvalue weighted by molar-refractivity contribution is 5.97. The van der Waals surface area contributed by atoms with Gasteiger partial charge < -0.3 is 25.2 Å². The Morgan fingerprint density at radius 1 is 0.833 bits per heavy atom. The van der Waals surface area contributed by atoms with E-state index in [1.165, 1.54) is 0 Å². The van der Waals surface area contributed by atoms with Crippen LogP contribution >= 0.6 is 0 Å². The van der Waals surface area contributed by atoms with Crippen molar-refractivity contribution < 1.29 is 29.0 Å². The zero-order valence-corrected chi connectivity index (χ0v) is 20.7. The Balaban J connectivity index is 1.61. The van der Waals surface area contributed by atoms with Crippen molar-refractivity contribution in [3.8, 4) is 22.6 Å². The molecule has 8 nitrogen and oxygen atoms in total. The van der Waals surface area contributed by atoms with Crippen molar-refractivity contribution in [2.45, 2.75) is 26.3 Å². The van der Waals surface area contributed by atoms with Crippen LogP contribution in [0.1, 0.15) is 29.8 Å². The fourth-order valence-electron chi connectivity index (χ4n) is 3.68. The van der Waals surface area contributed by atoms with Gasteiger partial charge in [-0.1, -0.05) is 44.2 Å². The van der Waals surface area contributed by atoms with Crippen LogP contribution in [0.25, 0.3) is 11.1 Å². The van der Waals surface area contributed by atoms with Gasteiger partial charge in [-0.05, 0) is 59.0 Å². The van der Waals surface area contributed by atoms with Crippen molar-refractivity contribution >= 4 is 23.5 Å². The molecule has 0 aliphatic rings. The first-order valence-corrected chi connectivity index (χ1v) is 11.5. The number of carboxylic acids is 1. The Bertz CT molecular complexity index is 1220. The molecule has 0 aromatic heterocycles. The lowest BCUT2D eigenvalue weighted by molar-refractivity contribution is -0.140. The third-order valence-electron chi connectivity index (χ3n) is 5.68. The fourth-order valence-corrected chi connectivity index (χ4v) is 3.68. The molecule has 8 heteroatoms. The van der Waals surface area contributed by atoms with Crippen molar-refractivity contribution in [2.24, 2.45) is 5.92 Å². The molecule has 1 atom stereocenters. The molecule has 3 rings (SSSR count). The van der Waals surface area contributed by atoms with Gasteiger partial charge in [0.25, 0.3) is 5.91 Å². The molecule has 0 bridgehead atoms. The molecule has 0 radical (unpaired) electrons. The average Bonchev–Trinajstić information content (AvgIpc) is 2.87. The maximum Gasteiger partial charge on any atom is 0.326 e. The van der Waals surface area contributed by atoms with E-state index >= 15 is 0 Å². The number of amides is 2. The van der Waals surface area contributed by atoms with Gasteiger partial charge in [0.05, 0.1) is 20.6 Å². The molecule has 2 amide bonds. The van der Waals surface area contributed by atoms with Crippen LogP contribution in [0.2, 0.25) is 0 Å². The normalized spacial score (nSPS) is 11.5. The molecule has 188 valence electrons. The highest BCUT2D eigenvalue weighted by Gasteiger charge is 2.23. The van der Waals surface area contributed by atoms with Crippen LogP contribution in [0.3, 0.4) is 0 Å². The Morgan fingerprint density at radius 3 is 1.94 bits per heavy atom. The Labute approximate surface area is 210 Å². The van der Waals surface area contributed by atoms with Gasteiger partial charge in [-0.3, -0.25) is 9.59 Å². The summed E-state index contributed by atoms with van der Waals surface area (Å²) in [5.41, 5.74) is 3.63. The van der Waals surface area contributed by atoms with E-state index in [4.69, 9.17) is 9.47 Å². The fraction of sp³-hybridized carbons (Fsp3) is 0.250. The van der Waals surface area contributed by atoms with Gasteiger partial charge in [0, 0.05) is 11.3 Å². The summed E-state index contributed by atoms with van der Waals surface area (Å²) in [6, 6.07) is 18.7. The van der Waals surface area contributed by atoms with Crippen LogP contribution in [0.15, 0.2) is 66.7 Å². The van der Waals surface area contributed by atoms with E-state index in [0.29, 0.717) is 22.7 Å². The quantitative estimate of drug-likeness (QED) is 0.388. The van der Waals surface area contributed by atoms with Gasteiger partial charge in [0.1, 0.15) is 6.04 Å². The maximum atomic E-state index is 12.5. The van der Waals surface area contributed by atoms with Crippen LogP contribution in [-0.2, 0) is 16.0 Å². The number of carbonyl (C=O) groups is 3. The molecule has 0 unspecified atom stereocenters. The van der Waals surface area contributed by atoms with Gasteiger partial charge in [0.2, 0.25) is 5.91 Å². The van der Waals surface area contributed by atoms with E-state index in [0.717, 1.165) is 16.7 Å². The van der Waals surface area contributed by atoms with E-state index in [1.807, 2.05) is 30.3 Å². The monoisotopic (exact) mass is 490 g/mol. The molecule has 0 saturated carbocycles. The first-order valence-electron chi connectivity index (χ1n) is 11.5. The van der Waals surface area contributed by atoms with Gasteiger partial charge in [0.15, 0.2) is 11.5 Å². The summed E-state index contributed by atoms with van der Waals surface area (Å²) < 4.78 is 10.5. The summed E-state index contributed by atoms with van der Waals surface area (Å²) in [7, 11) is 3.11. The van der Waals surface area contributed by atoms with E-state index in [-0.39, 0.29) is 18.2 Å². The molecule has 3 aromatic rings. The largest absolute Gasteiger partial charge is 0.493 e. The molecule has 0 heterocycles. The van der Waals surface area contributed by atoms with Crippen molar-refractivity contribution in [1.82, 2.24) is 5.32 Å². The number of hydrogen-bond acceptors (Lipinski definition) is 5. The van der Waals surface area contributed by atoms with E-state index in [2.05, 4.69) is 10.6 Å². The number of carboxylic acid groups (broad SMARTS) is 1. The lowest BCUT2D eigenvalue weighted by Crippen LogP contribution is -2.44. The van der Waals surface area contributed by atoms with Crippen molar-refractivity contribution in [1.29, 1.82) is 0 Å². The smallest absolute Gasteiger partial charge is 0.326 e. The number of hydrogen-bond donors (Lipinski definition) is 3. The minimum absolute atomic E-state index is 0.161. The van der Waals surface area contributed by atoms with Gasteiger partial charge >= 0.3 is 5.97 Å². The number of benzene rings is 3. The second kappa shape index (κ2) is 11.9. The predicted molar refractivity (Wildman–Crippen MR) is 137 cm³/mol. The lowest BCUT2D eigenvalue weighted by Gasteiger charge is -2.18. The topological polar surface area (TPSA) is 114 Å². The summed E-state index contributed by atoms with van der Waals surface area (Å²) >= 11 is 0. The maximum absolute atomic E-state index is 12.5. The van der Waals surface area contributed by atoms with Gasteiger partial charge in [-0.15, -0.1) is 0 Å². The molecular weight excluding hydrogens is 460 g/mol. The predicted octanol–water partition coefficient (Wildman–Crippen LogP) is 4.39. The van der Waals surface area contributed by atoms with E-state index in [1.54, 1.807) is 64.5 Å². The van der Waals surface area contributed by atoms with Crippen LogP contribution in [0.4, 0.5) is 5.69 Å². The summed E-state index contributed by atoms with van der Waals surface area (Å²) in [6.45, 7) is 3.48. The third-order valence-corrected chi connectivity index (χ3v) is 5.68. The summed E-state index contributed by atoms with van der Waals surface area (Å²) in [4.78, 5) is 36.3. The molecular formula is C28H30N2O6. The second-order valence-electron chi connectivity index (χ2n) is 8.60. The van der Waals surface area contributed by atoms with Crippen LogP contribution in [0, 0.1) is 5.92 Å². The van der Waals surface area contributed by atoms with Crippen LogP contribution in [-0.4, -0.2) is 43.2 Å². The summed E-state index contributed by atoms with van der Waals surface area (Å²) in [6.07, 6.45) is 0.186. The van der Waals surface area contributed by atoms with Crippen molar-refractivity contribution in [2.75, 3.05) is 19.5 Å². The number of anilines is 1. The highest BCUT2D eigenvalue weighted by atomic mass is 16.5. The first kappa shape index (κ1) is 26.3. The lowest BCUT2D eigenvalue weighted by atomic mass is 10.0. The average molecular weight is 491 g/mol.